The highest BCUT2D eigenvalue weighted by molar-refractivity contribution is 5.37. The van der Waals surface area contributed by atoms with Crippen LogP contribution in [0.2, 0.25) is 0 Å². The van der Waals surface area contributed by atoms with Crippen LogP contribution in [0.25, 0.3) is 0 Å². The van der Waals surface area contributed by atoms with E-state index in [9.17, 15) is 0 Å². The van der Waals surface area contributed by atoms with Crippen LogP contribution < -0.4 is 10.5 Å². The molecule has 2 N–H and O–H groups in total. The van der Waals surface area contributed by atoms with E-state index < -0.39 is 0 Å². The van der Waals surface area contributed by atoms with E-state index >= 15 is 0 Å². The van der Waals surface area contributed by atoms with Crippen molar-refractivity contribution in [2.24, 2.45) is 5.73 Å². The molecule has 0 amide bonds. The SMILES string of the molecule is CCn1cc(CC(N)c2ccc(OC)c(C)c2)cn1. The van der Waals surface area contributed by atoms with Gasteiger partial charge in [0, 0.05) is 18.8 Å². The van der Waals surface area contributed by atoms with Crippen LogP contribution in [0.1, 0.15) is 29.7 Å². The zero-order chi connectivity index (χ0) is 13.8. The molecule has 0 bridgehead atoms. The number of rotatable bonds is 5. The topological polar surface area (TPSA) is 53.1 Å². The molecule has 1 unspecified atom stereocenters. The second-order valence-corrected chi connectivity index (χ2v) is 4.74. The number of nitrogens with zero attached hydrogens (tertiary/aromatic N) is 2. The molecular weight excluding hydrogens is 238 g/mol. The van der Waals surface area contributed by atoms with Gasteiger partial charge in [-0.1, -0.05) is 12.1 Å². The lowest BCUT2D eigenvalue weighted by molar-refractivity contribution is 0.411. The summed E-state index contributed by atoms with van der Waals surface area (Å²) in [6.45, 7) is 4.99. The molecule has 0 spiro atoms. The summed E-state index contributed by atoms with van der Waals surface area (Å²) in [6, 6.07) is 6.08. The normalized spacial score (nSPS) is 12.4. The van der Waals surface area contributed by atoms with Crippen LogP contribution in [-0.4, -0.2) is 16.9 Å². The summed E-state index contributed by atoms with van der Waals surface area (Å²) in [4.78, 5) is 0. The van der Waals surface area contributed by atoms with Gasteiger partial charge in [0.2, 0.25) is 0 Å². The number of methoxy groups -OCH3 is 1. The van der Waals surface area contributed by atoms with Crippen LogP contribution in [0.4, 0.5) is 0 Å². The van der Waals surface area contributed by atoms with Gasteiger partial charge in [-0.2, -0.15) is 5.10 Å². The zero-order valence-electron chi connectivity index (χ0n) is 11.8. The van der Waals surface area contributed by atoms with Crippen molar-refractivity contribution in [1.29, 1.82) is 0 Å². The molecule has 0 aliphatic heterocycles. The Morgan fingerprint density at radius 3 is 2.79 bits per heavy atom. The number of aromatic nitrogens is 2. The van der Waals surface area contributed by atoms with Crippen molar-refractivity contribution in [2.45, 2.75) is 32.9 Å². The maximum Gasteiger partial charge on any atom is 0.121 e. The summed E-state index contributed by atoms with van der Waals surface area (Å²) in [6.07, 6.45) is 4.74. The molecule has 2 rings (SSSR count). The zero-order valence-corrected chi connectivity index (χ0v) is 11.8. The lowest BCUT2D eigenvalue weighted by Gasteiger charge is -2.13. The highest BCUT2D eigenvalue weighted by atomic mass is 16.5. The van der Waals surface area contributed by atoms with Crippen LogP contribution in [0, 0.1) is 6.92 Å². The van der Waals surface area contributed by atoms with E-state index in [1.807, 2.05) is 29.9 Å². The number of benzene rings is 1. The van der Waals surface area contributed by atoms with Gasteiger partial charge in [-0.05, 0) is 43.0 Å². The highest BCUT2D eigenvalue weighted by Crippen LogP contribution is 2.23. The van der Waals surface area contributed by atoms with Crippen molar-refractivity contribution in [2.75, 3.05) is 7.11 Å². The molecule has 102 valence electrons. The third-order valence-corrected chi connectivity index (χ3v) is 3.31. The Balaban J connectivity index is 2.10. The number of hydrogen-bond acceptors (Lipinski definition) is 3. The number of hydrogen-bond donors (Lipinski definition) is 1. The molecule has 0 saturated carbocycles. The van der Waals surface area contributed by atoms with Gasteiger partial charge in [0.25, 0.3) is 0 Å². The average molecular weight is 259 g/mol. The number of aryl methyl sites for hydroxylation is 2. The molecule has 1 aromatic carbocycles. The predicted molar refractivity (Wildman–Crippen MR) is 76.3 cm³/mol. The molecule has 0 saturated heterocycles. The Morgan fingerprint density at radius 1 is 1.42 bits per heavy atom. The van der Waals surface area contributed by atoms with Crippen LogP contribution in [-0.2, 0) is 13.0 Å². The van der Waals surface area contributed by atoms with Gasteiger partial charge < -0.3 is 10.5 Å². The Kier molecular flexibility index (Phi) is 4.22. The minimum atomic E-state index is -0.0147. The maximum absolute atomic E-state index is 6.26. The molecule has 1 aromatic heterocycles. The van der Waals surface area contributed by atoms with Crippen molar-refractivity contribution >= 4 is 0 Å². The van der Waals surface area contributed by atoms with Gasteiger partial charge >= 0.3 is 0 Å². The highest BCUT2D eigenvalue weighted by Gasteiger charge is 2.10. The van der Waals surface area contributed by atoms with E-state index in [2.05, 4.69) is 24.3 Å². The molecule has 2 aromatic rings. The molecule has 0 fully saturated rings. The van der Waals surface area contributed by atoms with E-state index in [-0.39, 0.29) is 6.04 Å². The molecule has 4 nitrogen and oxygen atoms in total. The van der Waals surface area contributed by atoms with E-state index in [1.165, 1.54) is 5.56 Å². The maximum atomic E-state index is 6.26. The van der Waals surface area contributed by atoms with Crippen LogP contribution in [0.3, 0.4) is 0 Å². The van der Waals surface area contributed by atoms with Crippen LogP contribution >= 0.6 is 0 Å². The van der Waals surface area contributed by atoms with Gasteiger partial charge in [0.1, 0.15) is 5.75 Å². The number of ether oxygens (including phenoxy) is 1. The van der Waals surface area contributed by atoms with Crippen molar-refractivity contribution < 1.29 is 4.74 Å². The summed E-state index contributed by atoms with van der Waals surface area (Å²) < 4.78 is 7.18. The summed E-state index contributed by atoms with van der Waals surface area (Å²) in [5.41, 5.74) is 9.67. The lowest BCUT2D eigenvalue weighted by Crippen LogP contribution is -2.13. The quantitative estimate of drug-likeness (QED) is 0.897. The minimum Gasteiger partial charge on any atom is -0.496 e. The smallest absolute Gasteiger partial charge is 0.121 e. The van der Waals surface area contributed by atoms with E-state index in [0.717, 1.165) is 29.8 Å². The minimum absolute atomic E-state index is 0.0147. The largest absolute Gasteiger partial charge is 0.496 e. The molecule has 1 atom stereocenters. The van der Waals surface area contributed by atoms with E-state index in [1.54, 1.807) is 7.11 Å². The standard InChI is InChI=1S/C15H21N3O/c1-4-18-10-12(9-17-18)8-14(16)13-5-6-15(19-3)11(2)7-13/h5-7,9-10,14H,4,8,16H2,1-3H3. The first-order valence-electron chi connectivity index (χ1n) is 6.55. The molecule has 0 aliphatic rings. The first kappa shape index (κ1) is 13.6. The monoisotopic (exact) mass is 259 g/mol. The van der Waals surface area contributed by atoms with Crippen LogP contribution in [0.15, 0.2) is 30.6 Å². The first-order valence-corrected chi connectivity index (χ1v) is 6.55. The van der Waals surface area contributed by atoms with Gasteiger partial charge in [-0.15, -0.1) is 0 Å². The fourth-order valence-corrected chi connectivity index (χ4v) is 2.19. The van der Waals surface area contributed by atoms with Crippen LogP contribution in [0.5, 0.6) is 5.75 Å². The molecule has 4 heteroatoms. The molecule has 0 aliphatic carbocycles. The Morgan fingerprint density at radius 2 is 2.21 bits per heavy atom. The van der Waals surface area contributed by atoms with Gasteiger partial charge in [0.05, 0.1) is 13.3 Å². The fourth-order valence-electron chi connectivity index (χ4n) is 2.19. The van der Waals surface area contributed by atoms with Crippen molar-refractivity contribution in [3.8, 4) is 5.75 Å². The summed E-state index contributed by atoms with van der Waals surface area (Å²) >= 11 is 0. The molecular formula is C15H21N3O. The van der Waals surface area contributed by atoms with Crippen molar-refractivity contribution in [3.63, 3.8) is 0 Å². The van der Waals surface area contributed by atoms with Crippen molar-refractivity contribution in [3.05, 3.63) is 47.3 Å². The predicted octanol–water partition coefficient (Wildman–Crippen LogP) is 2.46. The fraction of sp³-hybridized carbons (Fsp3) is 0.400. The number of nitrogens with two attached hydrogens (primary N) is 1. The van der Waals surface area contributed by atoms with E-state index in [0.29, 0.717) is 0 Å². The molecule has 0 radical (unpaired) electrons. The Labute approximate surface area is 114 Å². The lowest BCUT2D eigenvalue weighted by atomic mass is 9.99. The van der Waals surface area contributed by atoms with Gasteiger partial charge in [-0.25, -0.2) is 0 Å². The third kappa shape index (κ3) is 3.15. The summed E-state index contributed by atoms with van der Waals surface area (Å²) in [7, 11) is 1.68. The average Bonchev–Trinajstić information content (AvgIpc) is 2.86. The van der Waals surface area contributed by atoms with Crippen molar-refractivity contribution in [1.82, 2.24) is 9.78 Å². The summed E-state index contributed by atoms with van der Waals surface area (Å²) in [5, 5.41) is 4.27. The Hall–Kier alpha value is -1.81. The summed E-state index contributed by atoms with van der Waals surface area (Å²) in [5.74, 6) is 0.898. The Bertz CT molecular complexity index is 548. The second-order valence-electron chi connectivity index (χ2n) is 4.74. The van der Waals surface area contributed by atoms with Gasteiger partial charge in [0.15, 0.2) is 0 Å². The third-order valence-electron chi connectivity index (χ3n) is 3.31. The van der Waals surface area contributed by atoms with E-state index in [4.69, 9.17) is 10.5 Å². The second kappa shape index (κ2) is 5.89. The molecule has 19 heavy (non-hydrogen) atoms. The molecule has 1 heterocycles. The van der Waals surface area contributed by atoms with Gasteiger partial charge in [-0.3, -0.25) is 4.68 Å². The first-order chi connectivity index (χ1) is 9.13.